The van der Waals surface area contributed by atoms with Crippen molar-refractivity contribution in [3.05, 3.63) is 82.5 Å². The first-order valence-corrected chi connectivity index (χ1v) is 12.3. The second kappa shape index (κ2) is 10.8. The number of hydrogen-bond donors (Lipinski definition) is 1. The fourth-order valence-electron chi connectivity index (χ4n) is 3.76. The average Bonchev–Trinajstić information content (AvgIpc) is 2.85. The largest absolute Gasteiger partial charge is 0.354 e. The molecule has 0 radical (unpaired) electrons. The number of hydrogen-bond acceptors (Lipinski definition) is 6. The molecule has 172 valence electrons. The Balaban J connectivity index is 1.35. The van der Waals surface area contributed by atoms with Gasteiger partial charge in [-0.1, -0.05) is 54.2 Å². The number of aromatic nitrogens is 2. The lowest BCUT2D eigenvalue weighted by Gasteiger charge is -2.34. The standard InChI is InChI=1S/C26H31N5OS/c1-19-20(2)28-26(29-24(19)31-15-13-30(3)14-16-31)33-18-22-9-11-23(12-10-22)25(32)27-17-21-7-5-4-6-8-21/h4-12H,13-18H2,1-3H3,(H,27,32). The molecule has 1 amide bonds. The van der Waals surface area contributed by atoms with Crippen molar-refractivity contribution >= 4 is 23.5 Å². The molecular formula is C26H31N5OS. The summed E-state index contributed by atoms with van der Waals surface area (Å²) in [5.74, 6) is 1.76. The first-order chi connectivity index (χ1) is 16.0. The van der Waals surface area contributed by atoms with Crippen LogP contribution in [0.15, 0.2) is 59.8 Å². The Morgan fingerprint density at radius 3 is 2.33 bits per heavy atom. The van der Waals surface area contributed by atoms with Gasteiger partial charge < -0.3 is 15.1 Å². The normalized spacial score (nSPS) is 14.3. The van der Waals surface area contributed by atoms with E-state index < -0.39 is 0 Å². The molecule has 2 heterocycles. The summed E-state index contributed by atoms with van der Waals surface area (Å²) in [4.78, 5) is 26.8. The second-order valence-electron chi connectivity index (χ2n) is 8.48. The van der Waals surface area contributed by atoms with E-state index in [1.807, 2.05) is 54.6 Å². The number of nitrogens with zero attached hydrogens (tertiary/aromatic N) is 4. The third-order valence-electron chi connectivity index (χ3n) is 6.03. The predicted octanol–water partition coefficient (Wildman–Crippen LogP) is 4.07. The van der Waals surface area contributed by atoms with Gasteiger partial charge in [-0.15, -0.1) is 0 Å². The average molecular weight is 462 g/mol. The predicted molar refractivity (Wildman–Crippen MR) is 135 cm³/mol. The van der Waals surface area contributed by atoms with Crippen molar-refractivity contribution < 1.29 is 4.79 Å². The number of piperazine rings is 1. The number of carbonyl (C=O) groups excluding carboxylic acids is 1. The maximum atomic E-state index is 12.4. The minimum Gasteiger partial charge on any atom is -0.354 e. The Morgan fingerprint density at radius 1 is 0.939 bits per heavy atom. The zero-order valence-corrected chi connectivity index (χ0v) is 20.4. The lowest BCUT2D eigenvalue weighted by Crippen LogP contribution is -2.45. The van der Waals surface area contributed by atoms with Crippen molar-refractivity contribution in [1.29, 1.82) is 0 Å². The van der Waals surface area contributed by atoms with Gasteiger partial charge in [0.15, 0.2) is 5.16 Å². The van der Waals surface area contributed by atoms with Gasteiger partial charge in [-0.3, -0.25) is 4.79 Å². The second-order valence-corrected chi connectivity index (χ2v) is 9.43. The SMILES string of the molecule is Cc1nc(SCc2ccc(C(=O)NCc3ccccc3)cc2)nc(N2CCN(C)CC2)c1C. The minimum absolute atomic E-state index is 0.0626. The van der Waals surface area contributed by atoms with Gasteiger partial charge in [0.2, 0.25) is 0 Å². The van der Waals surface area contributed by atoms with Crippen LogP contribution in [0.1, 0.15) is 32.7 Å². The summed E-state index contributed by atoms with van der Waals surface area (Å²) in [6.45, 7) is 8.78. The van der Waals surface area contributed by atoms with Crippen LogP contribution >= 0.6 is 11.8 Å². The molecule has 1 aliphatic rings. The number of nitrogens with one attached hydrogen (secondary N) is 1. The Hall–Kier alpha value is -2.90. The summed E-state index contributed by atoms with van der Waals surface area (Å²) in [5.41, 5.74) is 5.09. The van der Waals surface area contributed by atoms with Crippen LogP contribution in [0.3, 0.4) is 0 Å². The van der Waals surface area contributed by atoms with Crippen LogP contribution < -0.4 is 10.2 Å². The van der Waals surface area contributed by atoms with E-state index in [-0.39, 0.29) is 5.91 Å². The van der Waals surface area contributed by atoms with E-state index >= 15 is 0 Å². The lowest BCUT2D eigenvalue weighted by molar-refractivity contribution is 0.0951. The molecular weight excluding hydrogens is 430 g/mol. The van der Waals surface area contributed by atoms with E-state index in [1.165, 1.54) is 0 Å². The maximum Gasteiger partial charge on any atom is 0.251 e. The Kier molecular flexibility index (Phi) is 7.62. The van der Waals surface area contributed by atoms with E-state index in [0.29, 0.717) is 12.1 Å². The molecule has 2 aromatic carbocycles. The zero-order valence-electron chi connectivity index (χ0n) is 19.5. The molecule has 0 spiro atoms. The quantitative estimate of drug-likeness (QED) is 0.423. The molecule has 1 aliphatic heterocycles. The topological polar surface area (TPSA) is 61.4 Å². The molecule has 0 atom stereocenters. The van der Waals surface area contributed by atoms with Crippen molar-refractivity contribution in [1.82, 2.24) is 20.2 Å². The van der Waals surface area contributed by atoms with Gasteiger partial charge in [-0.25, -0.2) is 9.97 Å². The first kappa shape index (κ1) is 23.3. The van der Waals surface area contributed by atoms with Crippen LogP contribution in [0.25, 0.3) is 0 Å². The van der Waals surface area contributed by atoms with Gasteiger partial charge in [-0.2, -0.15) is 0 Å². The molecule has 1 saturated heterocycles. The van der Waals surface area contributed by atoms with Crippen LogP contribution in [0.2, 0.25) is 0 Å². The molecule has 33 heavy (non-hydrogen) atoms. The third-order valence-corrected chi connectivity index (χ3v) is 6.94. The summed E-state index contributed by atoms with van der Waals surface area (Å²) in [6, 6.07) is 17.7. The van der Waals surface area contributed by atoms with Gasteiger partial charge in [0, 0.05) is 55.3 Å². The monoisotopic (exact) mass is 461 g/mol. The molecule has 0 saturated carbocycles. The van der Waals surface area contributed by atoms with Crippen molar-refractivity contribution in [2.75, 3.05) is 38.1 Å². The Bertz CT molecular complexity index is 1080. The van der Waals surface area contributed by atoms with E-state index in [1.54, 1.807) is 11.8 Å². The van der Waals surface area contributed by atoms with Crippen molar-refractivity contribution in [3.8, 4) is 0 Å². The van der Waals surface area contributed by atoms with E-state index in [9.17, 15) is 4.79 Å². The number of thioether (sulfide) groups is 1. The molecule has 1 N–H and O–H groups in total. The number of amides is 1. The van der Waals surface area contributed by atoms with E-state index in [2.05, 4.69) is 36.0 Å². The first-order valence-electron chi connectivity index (χ1n) is 11.3. The molecule has 1 aromatic heterocycles. The third kappa shape index (κ3) is 6.12. The maximum absolute atomic E-state index is 12.4. The van der Waals surface area contributed by atoms with Crippen LogP contribution in [0.5, 0.6) is 0 Å². The minimum atomic E-state index is -0.0626. The summed E-state index contributed by atoms with van der Waals surface area (Å²) in [7, 11) is 2.16. The lowest BCUT2D eigenvalue weighted by atomic mass is 10.1. The molecule has 3 aromatic rings. The fourth-order valence-corrected chi connectivity index (χ4v) is 4.60. The van der Waals surface area contributed by atoms with Crippen molar-refractivity contribution in [2.45, 2.75) is 31.3 Å². The highest BCUT2D eigenvalue weighted by Crippen LogP contribution is 2.26. The Morgan fingerprint density at radius 2 is 1.64 bits per heavy atom. The molecule has 6 nitrogen and oxygen atoms in total. The zero-order chi connectivity index (χ0) is 23.2. The van der Waals surface area contributed by atoms with Crippen LogP contribution in [0, 0.1) is 13.8 Å². The van der Waals surface area contributed by atoms with Crippen LogP contribution in [0.4, 0.5) is 5.82 Å². The van der Waals surface area contributed by atoms with E-state index in [0.717, 1.165) is 65.3 Å². The van der Waals surface area contributed by atoms with Gasteiger partial charge in [0.05, 0.1) is 0 Å². The summed E-state index contributed by atoms with van der Waals surface area (Å²) < 4.78 is 0. The number of benzene rings is 2. The van der Waals surface area contributed by atoms with Crippen molar-refractivity contribution in [2.24, 2.45) is 0 Å². The molecule has 0 unspecified atom stereocenters. The van der Waals surface area contributed by atoms with E-state index in [4.69, 9.17) is 9.97 Å². The van der Waals surface area contributed by atoms with Crippen molar-refractivity contribution in [3.63, 3.8) is 0 Å². The number of rotatable bonds is 7. The van der Waals surface area contributed by atoms with Crippen LogP contribution in [-0.4, -0.2) is 54.0 Å². The number of likely N-dealkylation sites (N-methyl/N-ethyl adjacent to an activating group) is 1. The molecule has 7 heteroatoms. The number of anilines is 1. The highest BCUT2D eigenvalue weighted by atomic mass is 32.2. The van der Waals surface area contributed by atoms with Gasteiger partial charge in [0.1, 0.15) is 5.82 Å². The molecule has 0 bridgehead atoms. The van der Waals surface area contributed by atoms with Gasteiger partial charge >= 0.3 is 0 Å². The number of aryl methyl sites for hydroxylation is 1. The highest BCUT2D eigenvalue weighted by Gasteiger charge is 2.19. The van der Waals surface area contributed by atoms with Crippen LogP contribution in [-0.2, 0) is 12.3 Å². The summed E-state index contributed by atoms with van der Waals surface area (Å²) >= 11 is 1.64. The molecule has 1 fully saturated rings. The number of carbonyl (C=O) groups is 1. The smallest absolute Gasteiger partial charge is 0.251 e. The fraction of sp³-hybridized carbons (Fsp3) is 0.346. The molecule has 0 aliphatic carbocycles. The van der Waals surface area contributed by atoms with Gasteiger partial charge in [-0.05, 0) is 44.2 Å². The summed E-state index contributed by atoms with van der Waals surface area (Å²) in [6.07, 6.45) is 0. The summed E-state index contributed by atoms with van der Waals surface area (Å²) in [5, 5.41) is 3.77. The highest BCUT2D eigenvalue weighted by molar-refractivity contribution is 7.98. The van der Waals surface area contributed by atoms with Gasteiger partial charge in [0.25, 0.3) is 5.91 Å². The molecule has 4 rings (SSSR count). The Labute approximate surface area is 200 Å².